The maximum Gasteiger partial charge on any atom is 0.317 e. The van der Waals surface area contributed by atoms with E-state index in [1.54, 1.807) is 0 Å². The van der Waals surface area contributed by atoms with E-state index in [4.69, 9.17) is 0 Å². The first-order chi connectivity index (χ1) is 11.4. The van der Waals surface area contributed by atoms with Gasteiger partial charge in [-0.25, -0.2) is 4.79 Å². The van der Waals surface area contributed by atoms with Crippen molar-refractivity contribution in [2.45, 2.75) is 52.6 Å². The normalized spacial score (nSPS) is 21.5. The summed E-state index contributed by atoms with van der Waals surface area (Å²) in [6.45, 7) is 11.2. The number of aromatic nitrogens is 1. The van der Waals surface area contributed by atoms with Crippen LogP contribution in [0.2, 0.25) is 0 Å². The lowest BCUT2D eigenvalue weighted by Gasteiger charge is -2.37. The number of carbonyl (C=O) groups excluding carboxylic acids is 2. The Morgan fingerprint density at radius 3 is 2.62 bits per heavy atom. The molecule has 1 aromatic heterocycles. The summed E-state index contributed by atoms with van der Waals surface area (Å²) in [6.07, 6.45) is 1.92. The molecule has 0 aliphatic carbocycles. The molecule has 2 aliphatic heterocycles. The lowest BCUT2D eigenvalue weighted by Crippen LogP contribution is -2.50. The highest BCUT2D eigenvalue weighted by Crippen LogP contribution is 2.24. The van der Waals surface area contributed by atoms with Crippen LogP contribution in [0.1, 0.15) is 54.5 Å². The van der Waals surface area contributed by atoms with Crippen molar-refractivity contribution in [3.8, 4) is 0 Å². The van der Waals surface area contributed by atoms with Crippen molar-refractivity contribution in [1.29, 1.82) is 0 Å². The molecule has 1 aromatic rings. The van der Waals surface area contributed by atoms with E-state index in [1.165, 1.54) is 0 Å². The molecular weight excluding hydrogens is 304 g/mol. The van der Waals surface area contributed by atoms with E-state index in [-0.39, 0.29) is 18.0 Å². The Morgan fingerprint density at radius 2 is 2.04 bits per heavy atom. The largest absolute Gasteiger partial charge is 0.346 e. The van der Waals surface area contributed by atoms with Crippen LogP contribution in [-0.2, 0) is 0 Å². The van der Waals surface area contributed by atoms with Crippen LogP contribution in [0.4, 0.5) is 4.79 Å². The van der Waals surface area contributed by atoms with Gasteiger partial charge in [0.25, 0.3) is 5.91 Å². The highest BCUT2D eigenvalue weighted by Gasteiger charge is 2.33. The Kier molecular flexibility index (Phi) is 4.56. The summed E-state index contributed by atoms with van der Waals surface area (Å²) in [5, 5.41) is 2.86. The van der Waals surface area contributed by atoms with Gasteiger partial charge < -0.3 is 19.7 Å². The van der Waals surface area contributed by atoms with Crippen LogP contribution in [0.3, 0.4) is 0 Å². The first-order valence-corrected chi connectivity index (χ1v) is 8.92. The molecule has 6 heteroatoms. The predicted molar refractivity (Wildman–Crippen MR) is 93.3 cm³/mol. The molecule has 132 valence electrons. The van der Waals surface area contributed by atoms with Crippen LogP contribution in [0.25, 0.3) is 0 Å². The maximum absolute atomic E-state index is 13.0. The van der Waals surface area contributed by atoms with Crippen LogP contribution in [0, 0.1) is 13.8 Å². The lowest BCUT2D eigenvalue weighted by molar-refractivity contribution is 0.0633. The molecule has 0 aromatic carbocycles. The Balaban J connectivity index is 1.77. The molecule has 0 spiro atoms. The zero-order valence-corrected chi connectivity index (χ0v) is 15.1. The summed E-state index contributed by atoms with van der Waals surface area (Å²) in [5.41, 5.74) is 2.96. The van der Waals surface area contributed by atoms with Crippen molar-refractivity contribution in [2.24, 2.45) is 0 Å². The van der Waals surface area contributed by atoms with Crippen molar-refractivity contribution >= 4 is 11.9 Å². The van der Waals surface area contributed by atoms with Gasteiger partial charge in [-0.1, -0.05) is 0 Å². The van der Waals surface area contributed by atoms with Crippen molar-refractivity contribution in [1.82, 2.24) is 19.7 Å². The average molecular weight is 332 g/mol. The molecule has 0 radical (unpaired) electrons. The van der Waals surface area contributed by atoms with Gasteiger partial charge >= 0.3 is 6.03 Å². The second-order valence-corrected chi connectivity index (χ2v) is 7.22. The predicted octanol–water partition coefficient (Wildman–Crippen LogP) is 2.32. The van der Waals surface area contributed by atoms with Gasteiger partial charge in [0, 0.05) is 43.6 Å². The van der Waals surface area contributed by atoms with Crippen molar-refractivity contribution in [3.63, 3.8) is 0 Å². The Hall–Kier alpha value is -1.98. The summed E-state index contributed by atoms with van der Waals surface area (Å²) < 4.78 is 2.21. The molecule has 1 unspecified atom stereocenters. The minimum absolute atomic E-state index is 0.00675. The minimum Gasteiger partial charge on any atom is -0.346 e. The number of aryl methyl sites for hydroxylation is 1. The van der Waals surface area contributed by atoms with Crippen molar-refractivity contribution < 1.29 is 9.59 Å². The van der Waals surface area contributed by atoms with Gasteiger partial charge in [-0.05, 0) is 46.6 Å². The fourth-order valence-corrected chi connectivity index (χ4v) is 4.19. The van der Waals surface area contributed by atoms with Gasteiger partial charge in [0.1, 0.15) is 0 Å². The third-order valence-corrected chi connectivity index (χ3v) is 5.25. The van der Waals surface area contributed by atoms with E-state index < -0.39 is 0 Å². The van der Waals surface area contributed by atoms with Gasteiger partial charge in [-0.2, -0.15) is 0 Å². The topological polar surface area (TPSA) is 57.6 Å². The monoisotopic (exact) mass is 332 g/mol. The van der Waals surface area contributed by atoms with Crippen LogP contribution in [-0.4, -0.2) is 58.5 Å². The summed E-state index contributed by atoms with van der Waals surface area (Å²) >= 11 is 0. The van der Waals surface area contributed by atoms with Crippen molar-refractivity contribution in [2.75, 3.05) is 26.2 Å². The number of rotatable bonds is 3. The number of piperidine rings is 1. The zero-order chi connectivity index (χ0) is 17.4. The molecule has 1 atom stereocenters. The van der Waals surface area contributed by atoms with Gasteiger partial charge in [-0.3, -0.25) is 4.79 Å². The van der Waals surface area contributed by atoms with E-state index >= 15 is 0 Å². The lowest BCUT2D eigenvalue weighted by atomic mass is 10.0. The Morgan fingerprint density at radius 1 is 1.29 bits per heavy atom. The number of urea groups is 1. The van der Waals surface area contributed by atoms with Crippen molar-refractivity contribution in [3.05, 3.63) is 23.0 Å². The molecule has 6 nitrogen and oxygen atoms in total. The van der Waals surface area contributed by atoms with E-state index in [1.807, 2.05) is 22.8 Å². The fourth-order valence-electron chi connectivity index (χ4n) is 4.19. The van der Waals surface area contributed by atoms with E-state index in [9.17, 15) is 9.59 Å². The highest BCUT2D eigenvalue weighted by atomic mass is 16.2. The van der Waals surface area contributed by atoms with Gasteiger partial charge in [0.15, 0.2) is 0 Å². The van der Waals surface area contributed by atoms with Crippen LogP contribution < -0.4 is 5.32 Å². The zero-order valence-electron chi connectivity index (χ0n) is 15.1. The van der Waals surface area contributed by atoms with Gasteiger partial charge in [0.2, 0.25) is 0 Å². The van der Waals surface area contributed by atoms with E-state index in [2.05, 4.69) is 30.7 Å². The smallest absolute Gasteiger partial charge is 0.317 e. The molecule has 2 fully saturated rings. The number of amides is 3. The molecular formula is C18H28N4O2. The highest BCUT2D eigenvalue weighted by molar-refractivity contribution is 5.96. The number of nitrogens with one attached hydrogen (secondary N) is 1. The summed E-state index contributed by atoms with van der Waals surface area (Å²) in [5.74, 6) is 0.0966. The third kappa shape index (κ3) is 2.89. The van der Waals surface area contributed by atoms with Crippen LogP contribution >= 0.6 is 0 Å². The summed E-state index contributed by atoms with van der Waals surface area (Å²) in [6, 6.07) is 2.49. The molecule has 2 aliphatic rings. The minimum atomic E-state index is 0.00675. The maximum atomic E-state index is 13.0. The standard InChI is InChI=1S/C18H28N4O2/c1-12(2)22-13(3)10-16(14(22)4)17(23)20-8-5-6-15(11-20)21-9-7-19-18(21)24/h10,12,15H,5-9,11H2,1-4H3,(H,19,24). The molecule has 3 heterocycles. The third-order valence-electron chi connectivity index (χ3n) is 5.25. The van der Waals surface area contributed by atoms with E-state index in [0.717, 1.165) is 42.9 Å². The Labute approximate surface area is 143 Å². The number of hydrogen-bond acceptors (Lipinski definition) is 2. The first-order valence-electron chi connectivity index (χ1n) is 8.92. The van der Waals surface area contributed by atoms with Gasteiger partial charge in [0.05, 0.1) is 11.6 Å². The molecule has 3 amide bonds. The molecule has 3 rings (SSSR count). The van der Waals surface area contributed by atoms with Gasteiger partial charge in [-0.15, -0.1) is 0 Å². The average Bonchev–Trinajstić information content (AvgIpc) is 3.09. The quantitative estimate of drug-likeness (QED) is 0.923. The van der Waals surface area contributed by atoms with Crippen LogP contribution in [0.15, 0.2) is 6.07 Å². The first kappa shape index (κ1) is 16.9. The van der Waals surface area contributed by atoms with E-state index in [0.29, 0.717) is 19.1 Å². The molecule has 2 saturated heterocycles. The van der Waals surface area contributed by atoms with Crippen LogP contribution in [0.5, 0.6) is 0 Å². The number of carbonyl (C=O) groups is 2. The molecule has 1 N–H and O–H groups in total. The number of nitrogens with zero attached hydrogens (tertiary/aromatic N) is 3. The SMILES string of the molecule is Cc1cc(C(=O)N2CCCC(N3CCNC3=O)C2)c(C)n1C(C)C. The fraction of sp³-hybridized carbons (Fsp3) is 0.667. The number of likely N-dealkylation sites (tertiary alicyclic amines) is 1. The molecule has 0 bridgehead atoms. The second-order valence-electron chi connectivity index (χ2n) is 7.22. The summed E-state index contributed by atoms with van der Waals surface area (Å²) in [4.78, 5) is 28.8. The second kappa shape index (κ2) is 6.49. The summed E-state index contributed by atoms with van der Waals surface area (Å²) in [7, 11) is 0. The number of hydrogen-bond donors (Lipinski definition) is 1. The molecule has 24 heavy (non-hydrogen) atoms. The Bertz CT molecular complexity index is 650. The molecule has 0 saturated carbocycles.